The second-order valence-electron chi connectivity index (χ2n) is 7.13. The maximum absolute atomic E-state index is 12.5. The van der Waals surface area contributed by atoms with Crippen LogP contribution in [0.25, 0.3) is 6.08 Å². The van der Waals surface area contributed by atoms with Crippen molar-refractivity contribution in [3.05, 3.63) is 72.0 Å². The minimum absolute atomic E-state index is 0.121. The van der Waals surface area contributed by atoms with Crippen molar-refractivity contribution in [3.8, 4) is 0 Å². The third kappa shape index (κ3) is 3.03. The Bertz CT molecular complexity index is 1240. The van der Waals surface area contributed by atoms with Crippen molar-refractivity contribution >= 4 is 52.9 Å². The van der Waals surface area contributed by atoms with E-state index in [4.69, 9.17) is 4.42 Å². The topological polar surface area (TPSA) is 74.1 Å². The number of nitrogens with zero attached hydrogens (tertiary/aromatic N) is 3. The van der Waals surface area contributed by atoms with E-state index < -0.39 is 17.8 Å². The van der Waals surface area contributed by atoms with Crippen molar-refractivity contribution in [2.24, 2.45) is 0 Å². The largest absolute Gasteiger partial charge is 0.439 e. The Hall–Kier alpha value is -3.78. The van der Waals surface area contributed by atoms with E-state index in [2.05, 4.69) is 0 Å². The molecule has 3 aromatic rings. The first-order valence-corrected chi connectivity index (χ1v) is 10.3. The molecular formula is C23H17N3O4S. The SMILES string of the molecule is CN1C(=O)C(=Cc2cc3c(o2)N(c2ccccc2)c2ccccc2S3)C(=O)N(C)C1=O. The Labute approximate surface area is 182 Å². The number of fused-ring (bicyclic) bond motifs is 2. The van der Waals surface area contributed by atoms with E-state index in [-0.39, 0.29) is 5.57 Å². The van der Waals surface area contributed by atoms with Crippen molar-refractivity contribution in [3.63, 3.8) is 0 Å². The van der Waals surface area contributed by atoms with Crippen molar-refractivity contribution in [2.45, 2.75) is 9.79 Å². The van der Waals surface area contributed by atoms with Crippen molar-refractivity contribution in [2.75, 3.05) is 19.0 Å². The number of benzene rings is 2. The number of amides is 4. The fraction of sp³-hybridized carbons (Fsp3) is 0.0870. The molecule has 2 aliphatic rings. The molecule has 31 heavy (non-hydrogen) atoms. The predicted molar refractivity (Wildman–Crippen MR) is 116 cm³/mol. The third-order valence-corrected chi connectivity index (χ3v) is 6.25. The Morgan fingerprint density at radius 2 is 1.48 bits per heavy atom. The second-order valence-corrected chi connectivity index (χ2v) is 8.21. The number of hydrogen-bond acceptors (Lipinski definition) is 6. The molecule has 0 bridgehead atoms. The number of barbiturate groups is 1. The van der Waals surface area contributed by atoms with Gasteiger partial charge in [0.2, 0.25) is 5.88 Å². The van der Waals surface area contributed by atoms with Crippen molar-refractivity contribution < 1.29 is 18.8 Å². The standard InChI is InChI=1S/C23H17N3O4S/c1-24-20(27)16(21(28)25(2)23(24)29)12-15-13-19-22(30-15)26(14-8-4-3-5-9-14)17-10-6-7-11-18(17)31-19/h3-13H,1-2H3. The molecule has 2 aromatic carbocycles. The van der Waals surface area contributed by atoms with Gasteiger partial charge in [0, 0.05) is 30.7 Å². The summed E-state index contributed by atoms with van der Waals surface area (Å²) in [6.07, 6.45) is 1.40. The summed E-state index contributed by atoms with van der Waals surface area (Å²) in [6, 6.07) is 19.0. The summed E-state index contributed by atoms with van der Waals surface area (Å²) in [7, 11) is 2.69. The van der Waals surface area contributed by atoms with Gasteiger partial charge in [0.25, 0.3) is 11.8 Å². The van der Waals surface area contributed by atoms with Gasteiger partial charge in [-0.1, -0.05) is 42.1 Å². The highest BCUT2D eigenvalue weighted by Gasteiger charge is 2.38. The van der Waals surface area contributed by atoms with Gasteiger partial charge in [-0.05, 0) is 30.3 Å². The molecule has 4 amide bonds. The molecule has 2 aliphatic heterocycles. The normalized spacial score (nSPS) is 15.9. The van der Waals surface area contributed by atoms with Crippen LogP contribution in [0.4, 0.5) is 22.1 Å². The molecule has 0 N–H and O–H groups in total. The van der Waals surface area contributed by atoms with Gasteiger partial charge in [0.05, 0.1) is 10.6 Å². The van der Waals surface area contributed by atoms with Gasteiger partial charge < -0.3 is 4.42 Å². The highest BCUT2D eigenvalue weighted by atomic mass is 32.2. The van der Waals surface area contributed by atoms with Crippen LogP contribution in [0.2, 0.25) is 0 Å². The molecule has 0 aliphatic carbocycles. The summed E-state index contributed by atoms with van der Waals surface area (Å²) in [6.45, 7) is 0. The molecule has 0 radical (unpaired) electrons. The van der Waals surface area contributed by atoms with Crippen LogP contribution in [0.3, 0.4) is 0 Å². The lowest BCUT2D eigenvalue weighted by molar-refractivity contribution is -0.134. The molecule has 7 nitrogen and oxygen atoms in total. The third-order valence-electron chi connectivity index (χ3n) is 5.17. The molecule has 1 fully saturated rings. The van der Waals surface area contributed by atoms with E-state index in [9.17, 15) is 14.4 Å². The fourth-order valence-corrected chi connectivity index (χ4v) is 4.63. The van der Waals surface area contributed by atoms with Gasteiger partial charge in [0.15, 0.2) is 0 Å². The first-order chi connectivity index (χ1) is 15.0. The van der Waals surface area contributed by atoms with E-state index in [0.29, 0.717) is 11.6 Å². The number of likely N-dealkylation sites (N-methyl/N-ethyl adjacent to an activating group) is 2. The Morgan fingerprint density at radius 1 is 0.839 bits per heavy atom. The molecule has 0 saturated carbocycles. The van der Waals surface area contributed by atoms with Gasteiger partial charge in [0.1, 0.15) is 11.3 Å². The number of carbonyl (C=O) groups excluding carboxylic acids is 3. The summed E-state index contributed by atoms with van der Waals surface area (Å²) in [5, 5.41) is 0. The summed E-state index contributed by atoms with van der Waals surface area (Å²) in [5.41, 5.74) is 1.79. The Kier molecular flexibility index (Phi) is 4.44. The first kappa shape index (κ1) is 19.2. The van der Waals surface area contributed by atoms with E-state index in [1.54, 1.807) is 17.8 Å². The maximum Gasteiger partial charge on any atom is 0.333 e. The lowest BCUT2D eigenvalue weighted by Crippen LogP contribution is -2.52. The van der Waals surface area contributed by atoms with E-state index in [0.717, 1.165) is 31.0 Å². The van der Waals surface area contributed by atoms with E-state index in [1.165, 1.54) is 20.2 Å². The average Bonchev–Trinajstić information content (AvgIpc) is 3.20. The smallest absolute Gasteiger partial charge is 0.333 e. The van der Waals surface area contributed by atoms with Crippen LogP contribution >= 0.6 is 11.8 Å². The minimum Gasteiger partial charge on any atom is -0.439 e. The van der Waals surface area contributed by atoms with Crippen molar-refractivity contribution in [1.82, 2.24) is 9.80 Å². The zero-order valence-electron chi connectivity index (χ0n) is 16.7. The van der Waals surface area contributed by atoms with Crippen LogP contribution in [0, 0.1) is 0 Å². The molecule has 0 atom stereocenters. The second kappa shape index (κ2) is 7.17. The molecule has 1 saturated heterocycles. The van der Waals surface area contributed by atoms with Crippen LogP contribution < -0.4 is 4.90 Å². The quantitative estimate of drug-likeness (QED) is 0.340. The summed E-state index contributed by atoms with van der Waals surface area (Å²) < 4.78 is 6.13. The van der Waals surface area contributed by atoms with Crippen LogP contribution in [0.15, 0.2) is 80.4 Å². The number of rotatable bonds is 2. The van der Waals surface area contributed by atoms with E-state index in [1.807, 2.05) is 59.5 Å². The number of hydrogen-bond donors (Lipinski definition) is 0. The maximum atomic E-state index is 12.5. The zero-order valence-corrected chi connectivity index (χ0v) is 17.6. The summed E-state index contributed by atoms with van der Waals surface area (Å²) >= 11 is 1.56. The van der Waals surface area contributed by atoms with Gasteiger partial charge in [-0.15, -0.1) is 0 Å². The van der Waals surface area contributed by atoms with Crippen LogP contribution in [-0.4, -0.2) is 41.7 Å². The van der Waals surface area contributed by atoms with Crippen LogP contribution in [-0.2, 0) is 9.59 Å². The monoisotopic (exact) mass is 431 g/mol. The molecule has 0 unspecified atom stereocenters. The lowest BCUT2D eigenvalue weighted by Gasteiger charge is -2.29. The average molecular weight is 431 g/mol. The van der Waals surface area contributed by atoms with Gasteiger partial charge in [-0.2, -0.15) is 0 Å². The van der Waals surface area contributed by atoms with Gasteiger partial charge >= 0.3 is 6.03 Å². The molecule has 8 heteroatoms. The Morgan fingerprint density at radius 3 is 2.19 bits per heavy atom. The molecule has 154 valence electrons. The van der Waals surface area contributed by atoms with Gasteiger partial charge in [-0.3, -0.25) is 24.3 Å². The summed E-state index contributed by atoms with van der Waals surface area (Å²) in [5.74, 6) is -0.342. The number of anilines is 3. The highest BCUT2D eigenvalue weighted by molar-refractivity contribution is 7.99. The number of imide groups is 2. The van der Waals surface area contributed by atoms with Crippen LogP contribution in [0.5, 0.6) is 0 Å². The fourth-order valence-electron chi connectivity index (χ4n) is 3.59. The Balaban J connectivity index is 1.62. The van der Waals surface area contributed by atoms with Crippen LogP contribution in [0.1, 0.15) is 5.76 Å². The zero-order chi connectivity index (χ0) is 21.7. The predicted octanol–water partition coefficient (Wildman–Crippen LogP) is 4.65. The number of urea groups is 1. The number of furan rings is 1. The highest BCUT2D eigenvalue weighted by Crippen LogP contribution is 2.52. The molecule has 3 heterocycles. The minimum atomic E-state index is -0.660. The van der Waals surface area contributed by atoms with Crippen molar-refractivity contribution in [1.29, 1.82) is 0 Å². The first-order valence-electron chi connectivity index (χ1n) is 9.53. The molecule has 0 spiro atoms. The number of para-hydroxylation sites is 2. The lowest BCUT2D eigenvalue weighted by atomic mass is 10.1. The molecular weight excluding hydrogens is 414 g/mol. The van der Waals surface area contributed by atoms with Gasteiger partial charge in [-0.25, -0.2) is 4.79 Å². The molecule has 5 rings (SSSR count). The van der Waals surface area contributed by atoms with E-state index >= 15 is 0 Å². The summed E-state index contributed by atoms with van der Waals surface area (Å²) in [4.78, 5) is 42.8. The molecule has 1 aromatic heterocycles. The number of carbonyl (C=O) groups is 3.